The lowest BCUT2D eigenvalue weighted by atomic mass is 10.0. The van der Waals surface area contributed by atoms with Gasteiger partial charge in [0.15, 0.2) is 0 Å². The number of benzene rings is 2. The number of fused-ring (bicyclic) bond motifs is 1. The molecule has 0 spiro atoms. The van der Waals surface area contributed by atoms with Crippen molar-refractivity contribution in [1.29, 1.82) is 0 Å². The van der Waals surface area contributed by atoms with Gasteiger partial charge in [-0.2, -0.15) is 13.2 Å². The van der Waals surface area contributed by atoms with Crippen molar-refractivity contribution in [2.75, 3.05) is 5.32 Å². The monoisotopic (exact) mass is 347 g/mol. The summed E-state index contributed by atoms with van der Waals surface area (Å²) in [5.41, 5.74) is 2.76. The molecule has 25 heavy (non-hydrogen) atoms. The lowest BCUT2D eigenvalue weighted by molar-refractivity contribution is -0.137. The quantitative estimate of drug-likeness (QED) is 0.703. The highest BCUT2D eigenvalue weighted by Gasteiger charge is 2.30. The molecule has 3 nitrogen and oxygen atoms in total. The van der Waals surface area contributed by atoms with E-state index in [-0.39, 0.29) is 12.1 Å². The molecule has 0 bridgehead atoms. The van der Waals surface area contributed by atoms with Gasteiger partial charge in [0, 0.05) is 16.6 Å². The highest BCUT2D eigenvalue weighted by molar-refractivity contribution is 5.96. The molecule has 2 aromatic carbocycles. The summed E-state index contributed by atoms with van der Waals surface area (Å²) in [4.78, 5) is 12.2. The lowest BCUT2D eigenvalue weighted by Gasteiger charge is -2.10. The Hall–Kier alpha value is -2.76. The largest absolute Gasteiger partial charge is 0.464 e. The number of nitrogens with one attached hydrogen (secondary N) is 1. The SMILES string of the molecule is Cc1cc(C)c2c(CC(=O)Nc3cccc(C(F)(F)F)c3)coc2c1. The van der Waals surface area contributed by atoms with Crippen molar-refractivity contribution < 1.29 is 22.4 Å². The van der Waals surface area contributed by atoms with Crippen LogP contribution >= 0.6 is 0 Å². The third-order valence-electron chi connectivity index (χ3n) is 3.92. The summed E-state index contributed by atoms with van der Waals surface area (Å²) >= 11 is 0. The third kappa shape index (κ3) is 3.68. The van der Waals surface area contributed by atoms with E-state index in [4.69, 9.17) is 4.42 Å². The zero-order valence-electron chi connectivity index (χ0n) is 13.7. The minimum absolute atomic E-state index is 0.0210. The molecule has 1 amide bonds. The number of anilines is 1. The molecule has 0 atom stereocenters. The smallest absolute Gasteiger partial charge is 0.416 e. The number of amides is 1. The first-order valence-electron chi connectivity index (χ1n) is 7.68. The molecule has 6 heteroatoms. The zero-order chi connectivity index (χ0) is 18.2. The standard InChI is InChI=1S/C19H16F3NO2/c1-11-6-12(2)18-13(10-25-16(18)7-11)8-17(24)23-15-5-3-4-14(9-15)19(20,21)22/h3-7,9-10H,8H2,1-2H3,(H,23,24). The van der Waals surface area contributed by atoms with Crippen LogP contribution in [0.3, 0.4) is 0 Å². The van der Waals surface area contributed by atoms with Crippen molar-refractivity contribution in [3.8, 4) is 0 Å². The van der Waals surface area contributed by atoms with Crippen LogP contribution in [0.4, 0.5) is 18.9 Å². The van der Waals surface area contributed by atoms with Crippen LogP contribution < -0.4 is 5.32 Å². The summed E-state index contributed by atoms with van der Waals surface area (Å²) in [6.45, 7) is 3.88. The molecular weight excluding hydrogens is 331 g/mol. The van der Waals surface area contributed by atoms with Gasteiger partial charge in [-0.3, -0.25) is 4.79 Å². The average molecular weight is 347 g/mol. The maximum atomic E-state index is 12.7. The van der Waals surface area contributed by atoms with Crippen molar-refractivity contribution in [2.45, 2.75) is 26.4 Å². The molecule has 0 aliphatic carbocycles. The fourth-order valence-corrected chi connectivity index (χ4v) is 2.91. The normalized spacial score (nSPS) is 11.7. The molecule has 3 rings (SSSR count). The van der Waals surface area contributed by atoms with Crippen molar-refractivity contribution in [3.05, 3.63) is 64.9 Å². The van der Waals surface area contributed by atoms with E-state index in [1.807, 2.05) is 26.0 Å². The third-order valence-corrected chi connectivity index (χ3v) is 3.92. The summed E-state index contributed by atoms with van der Waals surface area (Å²) < 4.78 is 43.7. The number of furan rings is 1. The van der Waals surface area contributed by atoms with Crippen LogP contribution in [-0.2, 0) is 17.4 Å². The zero-order valence-corrected chi connectivity index (χ0v) is 13.7. The highest BCUT2D eigenvalue weighted by Crippen LogP contribution is 2.31. The Balaban J connectivity index is 1.80. The van der Waals surface area contributed by atoms with Gasteiger partial charge >= 0.3 is 6.18 Å². The predicted octanol–water partition coefficient (Wildman–Crippen LogP) is 5.25. The molecule has 0 aliphatic heterocycles. The summed E-state index contributed by atoms with van der Waals surface area (Å²) in [6.07, 6.45) is -2.91. The molecule has 130 valence electrons. The molecule has 0 fully saturated rings. The molecule has 1 N–H and O–H groups in total. The van der Waals surface area contributed by atoms with E-state index >= 15 is 0 Å². The van der Waals surface area contributed by atoms with Gasteiger partial charge in [0.2, 0.25) is 5.91 Å². The fourth-order valence-electron chi connectivity index (χ4n) is 2.91. The molecule has 1 aromatic heterocycles. The number of rotatable bonds is 3. The Kier molecular flexibility index (Phi) is 4.29. The minimum atomic E-state index is -4.45. The van der Waals surface area contributed by atoms with Crippen LogP contribution in [-0.4, -0.2) is 5.91 Å². The number of alkyl halides is 3. The molecule has 0 saturated carbocycles. The first kappa shape index (κ1) is 17.1. The van der Waals surface area contributed by atoms with Crippen LogP contribution in [0.15, 0.2) is 47.1 Å². The number of hydrogen-bond donors (Lipinski definition) is 1. The minimum Gasteiger partial charge on any atom is -0.464 e. The van der Waals surface area contributed by atoms with Crippen LogP contribution in [0.2, 0.25) is 0 Å². The topological polar surface area (TPSA) is 42.2 Å². The maximum absolute atomic E-state index is 12.7. The molecule has 0 radical (unpaired) electrons. The Morgan fingerprint density at radius 2 is 1.92 bits per heavy atom. The first-order valence-corrected chi connectivity index (χ1v) is 7.68. The van der Waals surface area contributed by atoms with Gasteiger partial charge in [-0.25, -0.2) is 0 Å². The van der Waals surface area contributed by atoms with Crippen LogP contribution in [0.25, 0.3) is 11.0 Å². The molecular formula is C19H16F3NO2. The van der Waals surface area contributed by atoms with E-state index in [9.17, 15) is 18.0 Å². The molecule has 3 aromatic rings. The summed E-state index contributed by atoms with van der Waals surface area (Å²) in [5.74, 6) is -0.401. The average Bonchev–Trinajstić information content (AvgIpc) is 2.89. The van der Waals surface area contributed by atoms with Gasteiger partial charge in [0.05, 0.1) is 18.2 Å². The van der Waals surface area contributed by atoms with Crippen molar-refractivity contribution in [2.24, 2.45) is 0 Å². The molecule has 0 aliphatic rings. The van der Waals surface area contributed by atoms with Crippen LogP contribution in [0.5, 0.6) is 0 Å². The van der Waals surface area contributed by atoms with E-state index in [0.29, 0.717) is 11.1 Å². The van der Waals surface area contributed by atoms with Crippen LogP contribution in [0.1, 0.15) is 22.3 Å². The van der Waals surface area contributed by atoms with Gasteiger partial charge in [-0.15, -0.1) is 0 Å². The van der Waals surface area contributed by atoms with E-state index < -0.39 is 17.6 Å². The second-order valence-electron chi connectivity index (χ2n) is 6.02. The number of aryl methyl sites for hydroxylation is 2. The molecule has 0 unspecified atom stereocenters. The summed E-state index contributed by atoms with van der Waals surface area (Å²) in [6, 6.07) is 8.45. The summed E-state index contributed by atoms with van der Waals surface area (Å²) in [5, 5.41) is 3.37. The Morgan fingerprint density at radius 1 is 1.16 bits per heavy atom. The van der Waals surface area contributed by atoms with E-state index in [1.54, 1.807) is 0 Å². The van der Waals surface area contributed by atoms with Gasteiger partial charge in [0.1, 0.15) is 5.58 Å². The number of carbonyl (C=O) groups is 1. The Labute approximate surface area is 142 Å². The Morgan fingerprint density at radius 3 is 2.64 bits per heavy atom. The van der Waals surface area contributed by atoms with Crippen molar-refractivity contribution in [3.63, 3.8) is 0 Å². The maximum Gasteiger partial charge on any atom is 0.416 e. The lowest BCUT2D eigenvalue weighted by Crippen LogP contribution is -2.15. The molecule has 1 heterocycles. The van der Waals surface area contributed by atoms with Gasteiger partial charge in [-0.1, -0.05) is 12.1 Å². The van der Waals surface area contributed by atoms with Gasteiger partial charge in [0.25, 0.3) is 0 Å². The van der Waals surface area contributed by atoms with Gasteiger partial charge < -0.3 is 9.73 Å². The van der Waals surface area contributed by atoms with E-state index in [1.165, 1.54) is 18.4 Å². The van der Waals surface area contributed by atoms with Crippen molar-refractivity contribution in [1.82, 2.24) is 0 Å². The fraction of sp³-hybridized carbons (Fsp3) is 0.211. The predicted molar refractivity (Wildman–Crippen MR) is 89.5 cm³/mol. The van der Waals surface area contributed by atoms with Gasteiger partial charge in [-0.05, 0) is 49.2 Å². The summed E-state index contributed by atoms with van der Waals surface area (Å²) in [7, 11) is 0. The van der Waals surface area contributed by atoms with E-state index in [0.717, 1.165) is 28.6 Å². The van der Waals surface area contributed by atoms with Crippen molar-refractivity contribution >= 4 is 22.6 Å². The molecule has 0 saturated heterocycles. The number of halogens is 3. The second-order valence-corrected chi connectivity index (χ2v) is 6.02. The van der Waals surface area contributed by atoms with E-state index in [2.05, 4.69) is 5.32 Å². The number of hydrogen-bond acceptors (Lipinski definition) is 2. The highest BCUT2D eigenvalue weighted by atomic mass is 19.4. The number of carbonyl (C=O) groups excluding carboxylic acids is 1. The Bertz CT molecular complexity index is 941. The first-order chi connectivity index (χ1) is 11.7. The van der Waals surface area contributed by atoms with Crippen LogP contribution in [0, 0.1) is 13.8 Å². The second kappa shape index (κ2) is 6.27.